The molecule has 1 aliphatic rings. The lowest BCUT2D eigenvalue weighted by molar-refractivity contribution is -0.228. The number of ether oxygens (including phenoxy) is 1. The zero-order valence-electron chi connectivity index (χ0n) is 15.6. The van der Waals surface area contributed by atoms with Gasteiger partial charge in [-0.2, -0.15) is 0 Å². The largest absolute Gasteiger partial charge is 0.453 e. The second-order valence-electron chi connectivity index (χ2n) is 7.43. The Labute approximate surface area is 168 Å². The molecular weight excluding hydrogens is 398 g/mol. The SMILES string of the molecule is CC(=O)OC1(c2cc3ccc(-c4cnc5nc(C)cn5c4)nc3s2)CC(F)(F)C1. The van der Waals surface area contributed by atoms with Crippen LogP contribution in [-0.2, 0) is 15.1 Å². The number of carbonyl (C=O) groups excluding carboxylic acids is 1. The maximum absolute atomic E-state index is 13.6. The predicted octanol–water partition coefficient (Wildman–Crippen LogP) is 4.50. The Bertz CT molecular complexity index is 1270. The number of pyridine rings is 1. The topological polar surface area (TPSA) is 69.4 Å². The Morgan fingerprint density at radius 3 is 2.76 bits per heavy atom. The minimum atomic E-state index is -2.83. The highest BCUT2D eigenvalue weighted by Crippen LogP contribution is 2.56. The Hall–Kier alpha value is -2.94. The first-order valence-electron chi connectivity index (χ1n) is 9.03. The molecule has 0 N–H and O–H groups in total. The van der Waals surface area contributed by atoms with E-state index in [1.165, 1.54) is 18.3 Å². The standard InChI is InChI=1S/C20H16F2N4O2S/c1-11-7-26-8-14(6-23-18(26)24-11)15-4-3-13-5-16(29-17(13)25-15)19(28-12(2)27)9-20(21,22)10-19/h3-8H,9-10H2,1-2H3. The number of esters is 1. The highest BCUT2D eigenvalue weighted by Gasteiger charge is 2.61. The predicted molar refractivity (Wildman–Crippen MR) is 104 cm³/mol. The lowest BCUT2D eigenvalue weighted by atomic mass is 9.75. The summed E-state index contributed by atoms with van der Waals surface area (Å²) in [5, 5.41) is 0.822. The molecule has 4 aromatic rings. The van der Waals surface area contributed by atoms with Crippen LogP contribution in [0.2, 0.25) is 0 Å². The van der Waals surface area contributed by atoms with E-state index in [1.54, 1.807) is 12.3 Å². The number of hydrogen-bond acceptors (Lipinski definition) is 6. The Morgan fingerprint density at radius 1 is 1.24 bits per heavy atom. The van der Waals surface area contributed by atoms with Gasteiger partial charge in [-0.05, 0) is 25.1 Å². The number of thiophene rings is 1. The molecule has 4 aromatic heterocycles. The summed E-state index contributed by atoms with van der Waals surface area (Å²) in [6.07, 6.45) is 4.49. The first kappa shape index (κ1) is 18.1. The molecule has 1 aliphatic carbocycles. The quantitative estimate of drug-likeness (QED) is 0.462. The van der Waals surface area contributed by atoms with E-state index in [1.807, 2.05) is 35.9 Å². The molecule has 0 bridgehead atoms. The van der Waals surface area contributed by atoms with Crippen LogP contribution in [0.15, 0.2) is 36.8 Å². The summed E-state index contributed by atoms with van der Waals surface area (Å²) in [7, 11) is 0. The summed E-state index contributed by atoms with van der Waals surface area (Å²) in [6.45, 7) is 3.14. The second-order valence-corrected chi connectivity index (χ2v) is 8.46. The number of imidazole rings is 1. The number of aryl methyl sites for hydroxylation is 1. The molecule has 4 heterocycles. The third-order valence-corrected chi connectivity index (χ3v) is 6.22. The monoisotopic (exact) mass is 414 g/mol. The number of hydrogen-bond donors (Lipinski definition) is 0. The Morgan fingerprint density at radius 2 is 2.03 bits per heavy atom. The first-order chi connectivity index (χ1) is 13.7. The maximum atomic E-state index is 13.6. The van der Waals surface area contributed by atoms with Crippen molar-refractivity contribution in [2.24, 2.45) is 0 Å². The van der Waals surface area contributed by atoms with Gasteiger partial charge in [-0.25, -0.2) is 23.7 Å². The first-order valence-corrected chi connectivity index (χ1v) is 9.85. The molecule has 1 saturated carbocycles. The van der Waals surface area contributed by atoms with Crippen molar-refractivity contribution in [2.45, 2.75) is 38.2 Å². The van der Waals surface area contributed by atoms with Crippen molar-refractivity contribution in [2.75, 3.05) is 0 Å². The molecule has 5 rings (SSSR count). The fourth-order valence-electron chi connectivity index (χ4n) is 3.80. The van der Waals surface area contributed by atoms with E-state index in [9.17, 15) is 13.6 Å². The van der Waals surface area contributed by atoms with Gasteiger partial charge in [-0.1, -0.05) is 0 Å². The van der Waals surface area contributed by atoms with Gasteiger partial charge in [0.25, 0.3) is 5.92 Å². The molecule has 1 fully saturated rings. The third-order valence-electron chi connectivity index (χ3n) is 4.99. The van der Waals surface area contributed by atoms with Crippen LogP contribution < -0.4 is 0 Å². The van der Waals surface area contributed by atoms with Crippen LogP contribution in [0.3, 0.4) is 0 Å². The van der Waals surface area contributed by atoms with Crippen LogP contribution in [0.25, 0.3) is 27.3 Å². The van der Waals surface area contributed by atoms with Gasteiger partial charge < -0.3 is 4.74 Å². The van der Waals surface area contributed by atoms with E-state index < -0.39 is 30.3 Å². The lowest BCUT2D eigenvalue weighted by Crippen LogP contribution is -2.51. The Balaban J connectivity index is 1.55. The molecule has 0 atom stereocenters. The molecule has 9 heteroatoms. The van der Waals surface area contributed by atoms with E-state index in [-0.39, 0.29) is 0 Å². The number of fused-ring (bicyclic) bond motifs is 2. The van der Waals surface area contributed by atoms with E-state index in [0.29, 0.717) is 21.2 Å². The van der Waals surface area contributed by atoms with Crippen molar-refractivity contribution in [3.8, 4) is 11.3 Å². The third kappa shape index (κ3) is 3.05. The van der Waals surface area contributed by atoms with Gasteiger partial charge >= 0.3 is 5.97 Å². The fraction of sp³-hybridized carbons (Fsp3) is 0.300. The fourth-order valence-corrected chi connectivity index (χ4v) is 4.95. The van der Waals surface area contributed by atoms with Crippen LogP contribution in [0.1, 0.15) is 30.3 Å². The average Bonchev–Trinajstić information content (AvgIpc) is 3.20. The number of carbonyl (C=O) groups is 1. The summed E-state index contributed by atoms with van der Waals surface area (Å²) >= 11 is 1.28. The number of nitrogens with zero attached hydrogens (tertiary/aromatic N) is 4. The molecule has 0 spiro atoms. The van der Waals surface area contributed by atoms with Crippen LogP contribution in [-0.4, -0.2) is 31.2 Å². The smallest absolute Gasteiger partial charge is 0.303 e. The number of rotatable bonds is 3. The zero-order chi connectivity index (χ0) is 20.4. The Kier molecular flexibility index (Phi) is 3.76. The van der Waals surface area contributed by atoms with Gasteiger partial charge in [-0.3, -0.25) is 9.20 Å². The molecule has 29 heavy (non-hydrogen) atoms. The van der Waals surface area contributed by atoms with E-state index in [4.69, 9.17) is 4.74 Å². The van der Waals surface area contributed by atoms with Crippen molar-refractivity contribution in [3.05, 3.63) is 47.4 Å². The number of alkyl halides is 2. The van der Waals surface area contributed by atoms with E-state index in [0.717, 1.165) is 16.6 Å². The molecule has 0 amide bonds. The van der Waals surface area contributed by atoms with Crippen LogP contribution in [0.4, 0.5) is 8.78 Å². The van der Waals surface area contributed by atoms with Gasteiger partial charge in [-0.15, -0.1) is 11.3 Å². The molecule has 0 unspecified atom stereocenters. The van der Waals surface area contributed by atoms with Crippen LogP contribution in [0, 0.1) is 6.92 Å². The van der Waals surface area contributed by atoms with E-state index in [2.05, 4.69) is 15.0 Å². The highest BCUT2D eigenvalue weighted by atomic mass is 32.1. The van der Waals surface area contributed by atoms with Gasteiger partial charge in [0.2, 0.25) is 5.78 Å². The van der Waals surface area contributed by atoms with Crippen molar-refractivity contribution < 1.29 is 18.3 Å². The number of aromatic nitrogens is 4. The summed E-state index contributed by atoms with van der Waals surface area (Å²) in [5.41, 5.74) is 1.13. The lowest BCUT2D eigenvalue weighted by Gasteiger charge is -2.45. The summed E-state index contributed by atoms with van der Waals surface area (Å²) in [4.78, 5) is 26.1. The zero-order valence-corrected chi connectivity index (χ0v) is 16.5. The second kappa shape index (κ2) is 6.03. The average molecular weight is 414 g/mol. The van der Waals surface area contributed by atoms with Crippen molar-refractivity contribution in [1.29, 1.82) is 0 Å². The van der Waals surface area contributed by atoms with Gasteiger partial charge in [0, 0.05) is 36.5 Å². The molecular formula is C20H16F2N4O2S. The normalized spacial score (nSPS) is 17.4. The molecule has 148 valence electrons. The van der Waals surface area contributed by atoms with E-state index >= 15 is 0 Å². The summed E-state index contributed by atoms with van der Waals surface area (Å²) < 4.78 is 34.4. The highest BCUT2D eigenvalue weighted by molar-refractivity contribution is 7.18. The van der Waals surface area contributed by atoms with Gasteiger partial charge in [0.05, 0.1) is 29.1 Å². The van der Waals surface area contributed by atoms with Crippen LogP contribution >= 0.6 is 11.3 Å². The summed E-state index contributed by atoms with van der Waals surface area (Å²) in [5.74, 6) is -2.78. The van der Waals surface area contributed by atoms with Crippen molar-refractivity contribution in [3.63, 3.8) is 0 Å². The van der Waals surface area contributed by atoms with Gasteiger partial charge in [0.15, 0.2) is 5.60 Å². The summed E-state index contributed by atoms with van der Waals surface area (Å²) in [6, 6.07) is 5.54. The molecule has 0 aromatic carbocycles. The maximum Gasteiger partial charge on any atom is 0.303 e. The minimum absolute atomic E-state index is 0.500. The minimum Gasteiger partial charge on any atom is -0.453 e. The molecule has 0 radical (unpaired) electrons. The van der Waals surface area contributed by atoms with Crippen molar-refractivity contribution in [1.82, 2.24) is 19.4 Å². The molecule has 0 saturated heterocycles. The van der Waals surface area contributed by atoms with Crippen molar-refractivity contribution >= 4 is 33.3 Å². The van der Waals surface area contributed by atoms with Crippen LogP contribution in [0.5, 0.6) is 0 Å². The molecule has 0 aliphatic heterocycles. The number of halogens is 2. The van der Waals surface area contributed by atoms with Gasteiger partial charge in [0.1, 0.15) is 4.83 Å². The molecule has 6 nitrogen and oxygen atoms in total.